The molecule has 0 spiro atoms. The largest absolute Gasteiger partial charge is 0.508 e. The molecule has 0 fully saturated rings. The SMILES string of the molecule is Cc1ccc(O)c(CCCCCC(C)C)c1. The number of phenolic OH excluding ortho intramolecular Hbond substituents is 1. The Morgan fingerprint density at radius 3 is 2.56 bits per heavy atom. The maximum atomic E-state index is 9.68. The van der Waals surface area contributed by atoms with Gasteiger partial charge in [-0.2, -0.15) is 0 Å². The lowest BCUT2D eigenvalue weighted by Gasteiger charge is -2.07. The summed E-state index contributed by atoms with van der Waals surface area (Å²) >= 11 is 0. The third kappa shape index (κ3) is 4.69. The van der Waals surface area contributed by atoms with Crippen LogP contribution in [0.3, 0.4) is 0 Å². The van der Waals surface area contributed by atoms with Crippen molar-refractivity contribution in [3.63, 3.8) is 0 Å². The zero-order chi connectivity index (χ0) is 12.0. The summed E-state index contributed by atoms with van der Waals surface area (Å²) in [7, 11) is 0. The van der Waals surface area contributed by atoms with Gasteiger partial charge in [0, 0.05) is 0 Å². The number of rotatable bonds is 6. The van der Waals surface area contributed by atoms with Crippen molar-refractivity contribution < 1.29 is 5.11 Å². The maximum Gasteiger partial charge on any atom is 0.118 e. The zero-order valence-corrected chi connectivity index (χ0v) is 10.8. The van der Waals surface area contributed by atoms with Crippen LogP contribution in [0.25, 0.3) is 0 Å². The fraction of sp³-hybridized carbons (Fsp3) is 0.600. The second-order valence-electron chi connectivity index (χ2n) is 5.13. The Balaban J connectivity index is 2.29. The molecule has 0 bridgehead atoms. The van der Waals surface area contributed by atoms with Crippen LogP contribution < -0.4 is 0 Å². The summed E-state index contributed by atoms with van der Waals surface area (Å²) in [5, 5.41) is 9.68. The topological polar surface area (TPSA) is 20.2 Å². The summed E-state index contributed by atoms with van der Waals surface area (Å²) in [6.07, 6.45) is 6.09. The normalized spacial score (nSPS) is 11.0. The highest BCUT2D eigenvalue weighted by molar-refractivity contribution is 5.35. The lowest BCUT2D eigenvalue weighted by Crippen LogP contribution is -1.90. The highest BCUT2D eigenvalue weighted by atomic mass is 16.3. The van der Waals surface area contributed by atoms with E-state index in [-0.39, 0.29) is 0 Å². The Bertz CT molecular complexity index is 315. The van der Waals surface area contributed by atoms with Gasteiger partial charge in [0.2, 0.25) is 0 Å². The first kappa shape index (κ1) is 13.1. The second-order valence-corrected chi connectivity index (χ2v) is 5.13. The van der Waals surface area contributed by atoms with Crippen molar-refractivity contribution in [2.24, 2.45) is 5.92 Å². The van der Waals surface area contributed by atoms with E-state index in [9.17, 15) is 5.11 Å². The Morgan fingerprint density at radius 2 is 1.88 bits per heavy atom. The van der Waals surface area contributed by atoms with Gasteiger partial charge in [-0.15, -0.1) is 0 Å². The van der Waals surface area contributed by atoms with Crippen molar-refractivity contribution >= 4 is 0 Å². The Kier molecular flexibility index (Phi) is 5.37. The number of phenols is 1. The van der Waals surface area contributed by atoms with E-state index in [1.54, 1.807) is 6.07 Å². The summed E-state index contributed by atoms with van der Waals surface area (Å²) in [6.45, 7) is 6.61. The fourth-order valence-corrected chi connectivity index (χ4v) is 1.96. The Labute approximate surface area is 99.5 Å². The van der Waals surface area contributed by atoms with Crippen LogP contribution in [0.2, 0.25) is 0 Å². The highest BCUT2D eigenvalue weighted by Crippen LogP contribution is 2.21. The number of benzene rings is 1. The van der Waals surface area contributed by atoms with Crippen LogP contribution in [0.4, 0.5) is 0 Å². The lowest BCUT2D eigenvalue weighted by atomic mass is 10.0. The maximum absolute atomic E-state index is 9.68. The third-order valence-electron chi connectivity index (χ3n) is 2.96. The average Bonchev–Trinajstić information content (AvgIpc) is 2.22. The zero-order valence-electron chi connectivity index (χ0n) is 10.8. The fourth-order valence-electron chi connectivity index (χ4n) is 1.96. The molecule has 0 aliphatic carbocycles. The van der Waals surface area contributed by atoms with Crippen LogP contribution in [0.1, 0.15) is 50.7 Å². The number of hydrogen-bond donors (Lipinski definition) is 1. The molecule has 0 heterocycles. The van der Waals surface area contributed by atoms with Crippen molar-refractivity contribution in [1.29, 1.82) is 0 Å². The van der Waals surface area contributed by atoms with E-state index < -0.39 is 0 Å². The molecule has 1 nitrogen and oxygen atoms in total. The van der Waals surface area contributed by atoms with E-state index in [1.165, 1.54) is 31.2 Å². The van der Waals surface area contributed by atoms with Crippen LogP contribution in [0, 0.1) is 12.8 Å². The van der Waals surface area contributed by atoms with Gasteiger partial charge < -0.3 is 5.11 Å². The van der Waals surface area contributed by atoms with Gasteiger partial charge in [-0.1, -0.05) is 50.8 Å². The van der Waals surface area contributed by atoms with Crippen LogP contribution in [0.15, 0.2) is 18.2 Å². The monoisotopic (exact) mass is 220 g/mol. The predicted octanol–water partition coefficient (Wildman–Crippen LogP) is 4.46. The molecule has 0 aromatic heterocycles. The molecule has 0 aliphatic heterocycles. The van der Waals surface area contributed by atoms with Crippen LogP contribution >= 0.6 is 0 Å². The van der Waals surface area contributed by atoms with E-state index in [0.717, 1.165) is 17.9 Å². The van der Waals surface area contributed by atoms with Crippen molar-refractivity contribution in [3.05, 3.63) is 29.3 Å². The molecule has 0 saturated heterocycles. The number of unbranched alkanes of at least 4 members (excludes halogenated alkanes) is 2. The molecular formula is C15H24O. The third-order valence-corrected chi connectivity index (χ3v) is 2.96. The molecule has 0 aliphatic rings. The van der Waals surface area contributed by atoms with E-state index in [1.807, 2.05) is 6.07 Å². The van der Waals surface area contributed by atoms with E-state index in [4.69, 9.17) is 0 Å². The van der Waals surface area contributed by atoms with E-state index in [0.29, 0.717) is 5.75 Å². The molecule has 0 amide bonds. The first-order valence-corrected chi connectivity index (χ1v) is 6.38. The predicted molar refractivity (Wildman–Crippen MR) is 69.9 cm³/mol. The summed E-state index contributed by atoms with van der Waals surface area (Å²) < 4.78 is 0. The molecule has 0 radical (unpaired) electrons. The van der Waals surface area contributed by atoms with Gasteiger partial charge in [0.1, 0.15) is 5.75 Å². The van der Waals surface area contributed by atoms with Gasteiger partial charge in [-0.25, -0.2) is 0 Å². The van der Waals surface area contributed by atoms with Crippen molar-refractivity contribution in [2.45, 2.75) is 52.9 Å². The Hall–Kier alpha value is -0.980. The van der Waals surface area contributed by atoms with E-state index >= 15 is 0 Å². The quantitative estimate of drug-likeness (QED) is 0.702. The minimum absolute atomic E-state index is 0.453. The van der Waals surface area contributed by atoms with Gasteiger partial charge in [0.05, 0.1) is 0 Å². The lowest BCUT2D eigenvalue weighted by molar-refractivity contribution is 0.464. The molecule has 1 aromatic rings. The summed E-state index contributed by atoms with van der Waals surface area (Å²) in [5.41, 5.74) is 2.33. The molecule has 1 aromatic carbocycles. The standard InChI is InChI=1S/C15H24O/c1-12(2)7-5-4-6-8-14-11-13(3)9-10-15(14)16/h9-12,16H,4-8H2,1-3H3. The van der Waals surface area contributed by atoms with Crippen LogP contribution in [0.5, 0.6) is 5.75 Å². The molecule has 1 rings (SSSR count). The molecule has 1 heteroatoms. The molecular weight excluding hydrogens is 196 g/mol. The van der Waals surface area contributed by atoms with Gasteiger partial charge in [0.15, 0.2) is 0 Å². The number of aryl methyl sites for hydroxylation is 2. The van der Waals surface area contributed by atoms with E-state index in [2.05, 4.69) is 26.8 Å². The summed E-state index contributed by atoms with van der Waals surface area (Å²) in [5.74, 6) is 1.27. The highest BCUT2D eigenvalue weighted by Gasteiger charge is 2.01. The van der Waals surface area contributed by atoms with Crippen LogP contribution in [-0.2, 0) is 6.42 Å². The van der Waals surface area contributed by atoms with Crippen LogP contribution in [-0.4, -0.2) is 5.11 Å². The smallest absolute Gasteiger partial charge is 0.118 e. The summed E-state index contributed by atoms with van der Waals surface area (Å²) in [4.78, 5) is 0. The van der Waals surface area contributed by atoms with Crippen molar-refractivity contribution in [1.82, 2.24) is 0 Å². The first-order valence-electron chi connectivity index (χ1n) is 6.38. The molecule has 1 N–H and O–H groups in total. The molecule has 0 saturated carbocycles. The minimum atomic E-state index is 0.453. The second kappa shape index (κ2) is 6.57. The van der Waals surface area contributed by atoms with Gasteiger partial charge in [-0.3, -0.25) is 0 Å². The number of aromatic hydroxyl groups is 1. The van der Waals surface area contributed by atoms with Gasteiger partial charge >= 0.3 is 0 Å². The Morgan fingerprint density at radius 1 is 1.12 bits per heavy atom. The molecule has 0 unspecified atom stereocenters. The van der Waals surface area contributed by atoms with Crippen molar-refractivity contribution in [2.75, 3.05) is 0 Å². The van der Waals surface area contributed by atoms with Gasteiger partial charge in [-0.05, 0) is 37.3 Å². The average molecular weight is 220 g/mol. The molecule has 0 atom stereocenters. The van der Waals surface area contributed by atoms with Gasteiger partial charge in [0.25, 0.3) is 0 Å². The molecule has 16 heavy (non-hydrogen) atoms. The minimum Gasteiger partial charge on any atom is -0.508 e. The first-order chi connectivity index (χ1) is 7.59. The summed E-state index contributed by atoms with van der Waals surface area (Å²) in [6, 6.07) is 5.86. The van der Waals surface area contributed by atoms with Crippen molar-refractivity contribution in [3.8, 4) is 5.75 Å². The number of hydrogen-bond acceptors (Lipinski definition) is 1. The molecule has 90 valence electrons.